The summed E-state index contributed by atoms with van der Waals surface area (Å²) in [6, 6.07) is 10.8. The van der Waals surface area contributed by atoms with Gasteiger partial charge in [-0.2, -0.15) is 13.2 Å². The second-order valence-electron chi connectivity index (χ2n) is 8.17. The van der Waals surface area contributed by atoms with Crippen LogP contribution in [0.4, 0.5) is 23.7 Å². The minimum Gasteiger partial charge on any atom is -0.374 e. The van der Waals surface area contributed by atoms with Crippen LogP contribution in [0.2, 0.25) is 0 Å². The molecular formula is C23H23F3N4O4. The highest BCUT2D eigenvalue weighted by molar-refractivity contribution is 5.98. The van der Waals surface area contributed by atoms with Crippen LogP contribution in [0.1, 0.15) is 17.5 Å². The van der Waals surface area contributed by atoms with Gasteiger partial charge in [0.1, 0.15) is 12.1 Å². The number of rotatable bonds is 6. The molecule has 0 bridgehead atoms. The molecule has 3 atom stereocenters. The van der Waals surface area contributed by atoms with Crippen molar-refractivity contribution in [2.75, 3.05) is 18.5 Å². The third-order valence-corrected chi connectivity index (χ3v) is 5.70. The number of ether oxygens (including phenoxy) is 1. The Bertz CT molecular complexity index is 1050. The minimum absolute atomic E-state index is 0.0230. The summed E-state index contributed by atoms with van der Waals surface area (Å²) in [5.41, 5.74) is 0.308. The van der Waals surface area contributed by atoms with Gasteiger partial charge in [-0.15, -0.1) is 0 Å². The fourth-order valence-corrected chi connectivity index (χ4v) is 4.04. The molecule has 3 N–H and O–H groups in total. The fourth-order valence-electron chi connectivity index (χ4n) is 4.04. The van der Waals surface area contributed by atoms with E-state index in [4.69, 9.17) is 4.74 Å². The predicted octanol–water partition coefficient (Wildman–Crippen LogP) is 2.51. The SMILES string of the molecule is O=C(Nc1ccc(C(F)(F)F)cc1)N[C@H]1C[C@H]2C(=O)N[C@@H](COCc3ccccc3)C(=O)N2C1. The quantitative estimate of drug-likeness (QED) is 0.597. The molecule has 4 rings (SSSR count). The number of nitrogens with one attached hydrogen (secondary N) is 3. The van der Waals surface area contributed by atoms with Crippen molar-refractivity contribution >= 4 is 23.5 Å². The van der Waals surface area contributed by atoms with E-state index in [1.54, 1.807) is 0 Å². The van der Waals surface area contributed by atoms with E-state index in [0.29, 0.717) is 6.61 Å². The molecule has 0 aromatic heterocycles. The Kier molecular flexibility index (Phi) is 6.73. The number of urea groups is 1. The number of amides is 4. The number of carbonyl (C=O) groups excluding carboxylic acids is 3. The molecular weight excluding hydrogens is 453 g/mol. The summed E-state index contributed by atoms with van der Waals surface area (Å²) < 4.78 is 43.6. The normalized spacial score (nSPS) is 22.2. The highest BCUT2D eigenvalue weighted by Crippen LogP contribution is 2.30. The summed E-state index contributed by atoms with van der Waals surface area (Å²) in [5, 5.41) is 7.81. The number of nitrogens with zero attached hydrogens (tertiary/aromatic N) is 1. The van der Waals surface area contributed by atoms with Crippen molar-refractivity contribution in [1.82, 2.24) is 15.5 Å². The van der Waals surface area contributed by atoms with Gasteiger partial charge in [0.25, 0.3) is 0 Å². The molecule has 2 heterocycles. The lowest BCUT2D eigenvalue weighted by atomic mass is 10.1. The van der Waals surface area contributed by atoms with Gasteiger partial charge in [-0.1, -0.05) is 30.3 Å². The molecule has 34 heavy (non-hydrogen) atoms. The standard InChI is InChI=1S/C23H23F3N4O4/c24-23(25,26)15-6-8-16(9-7-15)27-22(33)28-17-10-19-20(31)29-18(21(32)30(19)11-17)13-34-12-14-4-2-1-3-5-14/h1-9,17-19H,10-13H2,(H,29,31)(H2,27,28,33)/t17-,18-,19-/m0/s1. The maximum absolute atomic E-state index is 12.8. The number of anilines is 1. The Morgan fingerprint density at radius 3 is 2.47 bits per heavy atom. The molecule has 0 aliphatic carbocycles. The van der Waals surface area contributed by atoms with Crippen molar-refractivity contribution in [1.29, 1.82) is 0 Å². The van der Waals surface area contributed by atoms with Gasteiger partial charge in [0, 0.05) is 12.2 Å². The predicted molar refractivity (Wildman–Crippen MR) is 116 cm³/mol. The first-order chi connectivity index (χ1) is 16.2. The van der Waals surface area contributed by atoms with Crippen LogP contribution in [-0.4, -0.2) is 54.0 Å². The summed E-state index contributed by atoms with van der Waals surface area (Å²) >= 11 is 0. The third-order valence-electron chi connectivity index (χ3n) is 5.70. The number of alkyl halides is 3. The molecule has 0 saturated carbocycles. The van der Waals surface area contributed by atoms with Crippen LogP contribution in [0.15, 0.2) is 54.6 Å². The molecule has 0 unspecified atom stereocenters. The maximum Gasteiger partial charge on any atom is 0.416 e. The van der Waals surface area contributed by atoms with Crippen LogP contribution >= 0.6 is 0 Å². The van der Waals surface area contributed by atoms with Crippen LogP contribution in [0.25, 0.3) is 0 Å². The van der Waals surface area contributed by atoms with Crippen molar-refractivity contribution in [3.63, 3.8) is 0 Å². The molecule has 0 spiro atoms. The summed E-state index contributed by atoms with van der Waals surface area (Å²) in [6.07, 6.45) is -4.23. The number of hydrogen-bond acceptors (Lipinski definition) is 4. The topological polar surface area (TPSA) is 99.8 Å². The monoisotopic (exact) mass is 476 g/mol. The van der Waals surface area contributed by atoms with E-state index in [9.17, 15) is 27.6 Å². The number of fused-ring (bicyclic) bond motifs is 1. The lowest BCUT2D eigenvalue weighted by Crippen LogP contribution is -2.62. The average Bonchev–Trinajstić information content (AvgIpc) is 3.22. The highest BCUT2D eigenvalue weighted by atomic mass is 19.4. The van der Waals surface area contributed by atoms with Crippen molar-refractivity contribution in [3.8, 4) is 0 Å². The number of benzene rings is 2. The van der Waals surface area contributed by atoms with E-state index in [1.807, 2.05) is 30.3 Å². The Morgan fingerprint density at radius 1 is 1.09 bits per heavy atom. The molecule has 2 aliphatic rings. The van der Waals surface area contributed by atoms with Crippen LogP contribution in [-0.2, 0) is 27.1 Å². The second kappa shape index (κ2) is 9.72. The molecule has 2 aliphatic heterocycles. The molecule has 11 heteroatoms. The van der Waals surface area contributed by atoms with Crippen molar-refractivity contribution in [2.45, 2.75) is 37.3 Å². The van der Waals surface area contributed by atoms with Gasteiger partial charge in [0.2, 0.25) is 11.8 Å². The lowest BCUT2D eigenvalue weighted by Gasteiger charge is -2.34. The van der Waals surface area contributed by atoms with Gasteiger partial charge in [0.15, 0.2) is 0 Å². The lowest BCUT2D eigenvalue weighted by molar-refractivity contribution is -0.148. The number of hydrogen-bond donors (Lipinski definition) is 3. The molecule has 2 aromatic rings. The summed E-state index contributed by atoms with van der Waals surface area (Å²) in [6.45, 7) is 0.472. The van der Waals surface area contributed by atoms with Crippen LogP contribution in [0.3, 0.4) is 0 Å². The fraction of sp³-hybridized carbons (Fsp3) is 0.348. The summed E-state index contributed by atoms with van der Waals surface area (Å²) in [4.78, 5) is 39.1. The zero-order valence-electron chi connectivity index (χ0n) is 18.0. The molecule has 0 radical (unpaired) electrons. The number of halogens is 3. The molecule has 2 aromatic carbocycles. The number of carbonyl (C=O) groups is 3. The van der Waals surface area contributed by atoms with Crippen molar-refractivity contribution in [3.05, 3.63) is 65.7 Å². The zero-order chi connectivity index (χ0) is 24.3. The van der Waals surface area contributed by atoms with Gasteiger partial charge in [-0.25, -0.2) is 4.79 Å². The largest absolute Gasteiger partial charge is 0.416 e. The Labute approximate surface area is 193 Å². The zero-order valence-corrected chi connectivity index (χ0v) is 18.0. The van der Waals surface area contributed by atoms with Gasteiger partial charge in [-0.05, 0) is 36.2 Å². The van der Waals surface area contributed by atoms with Gasteiger partial charge in [-0.3, -0.25) is 9.59 Å². The summed E-state index contributed by atoms with van der Waals surface area (Å²) in [5.74, 6) is -0.606. The van der Waals surface area contributed by atoms with E-state index in [1.165, 1.54) is 4.90 Å². The van der Waals surface area contributed by atoms with Gasteiger partial charge >= 0.3 is 12.2 Å². The minimum atomic E-state index is -4.47. The smallest absolute Gasteiger partial charge is 0.374 e. The first kappa shape index (κ1) is 23.6. The van der Waals surface area contributed by atoms with Crippen LogP contribution in [0.5, 0.6) is 0 Å². The Hall–Kier alpha value is -3.60. The molecule has 2 fully saturated rings. The summed E-state index contributed by atoms with van der Waals surface area (Å²) in [7, 11) is 0. The van der Waals surface area contributed by atoms with Crippen molar-refractivity contribution in [2.24, 2.45) is 0 Å². The average molecular weight is 476 g/mol. The highest BCUT2D eigenvalue weighted by Gasteiger charge is 2.46. The Balaban J connectivity index is 1.28. The van der Waals surface area contributed by atoms with E-state index < -0.39 is 35.9 Å². The van der Waals surface area contributed by atoms with Crippen molar-refractivity contribution < 1.29 is 32.3 Å². The first-order valence-corrected chi connectivity index (χ1v) is 10.7. The molecule has 8 nitrogen and oxygen atoms in total. The van der Waals surface area contributed by atoms with E-state index in [-0.39, 0.29) is 37.1 Å². The van der Waals surface area contributed by atoms with Gasteiger partial charge < -0.3 is 25.6 Å². The first-order valence-electron chi connectivity index (χ1n) is 10.7. The molecule has 180 valence electrons. The number of piperazine rings is 1. The van der Waals surface area contributed by atoms with Crippen LogP contribution in [0, 0.1) is 0 Å². The molecule has 2 saturated heterocycles. The van der Waals surface area contributed by atoms with E-state index in [2.05, 4.69) is 16.0 Å². The third kappa shape index (κ3) is 5.48. The maximum atomic E-state index is 12.8. The second-order valence-corrected chi connectivity index (χ2v) is 8.17. The molecule has 4 amide bonds. The van der Waals surface area contributed by atoms with Crippen LogP contribution < -0.4 is 16.0 Å². The van der Waals surface area contributed by atoms with Gasteiger partial charge in [0.05, 0.1) is 24.8 Å². The Morgan fingerprint density at radius 2 is 1.79 bits per heavy atom. The van der Waals surface area contributed by atoms with E-state index >= 15 is 0 Å². The van der Waals surface area contributed by atoms with E-state index in [0.717, 1.165) is 29.8 Å².